The Morgan fingerprint density at radius 2 is 2.03 bits per heavy atom. The third kappa shape index (κ3) is 5.61. The highest BCUT2D eigenvalue weighted by Crippen LogP contribution is 2.37. The first-order chi connectivity index (χ1) is 16.6. The Bertz CT molecular complexity index is 1220. The van der Waals surface area contributed by atoms with Crippen LogP contribution in [0.5, 0.6) is 5.75 Å². The van der Waals surface area contributed by atoms with Crippen LogP contribution in [0.2, 0.25) is 0 Å². The maximum Gasteiger partial charge on any atom is 0.225 e. The van der Waals surface area contributed by atoms with Gasteiger partial charge in [0.1, 0.15) is 16.8 Å². The Labute approximate surface area is 203 Å². The van der Waals surface area contributed by atoms with E-state index in [0.29, 0.717) is 55.8 Å². The van der Waals surface area contributed by atoms with Gasteiger partial charge in [0, 0.05) is 36.7 Å². The number of hydrogen-bond acceptors (Lipinski definition) is 6. The number of anilines is 1. The molecule has 0 saturated heterocycles. The third-order valence-electron chi connectivity index (χ3n) is 5.90. The number of nitrogens with one attached hydrogen (secondary N) is 1. The van der Waals surface area contributed by atoms with Crippen molar-refractivity contribution in [1.82, 2.24) is 9.88 Å². The highest BCUT2D eigenvalue weighted by atomic mass is 32.1. The van der Waals surface area contributed by atoms with Crippen LogP contribution in [-0.2, 0) is 35.4 Å². The van der Waals surface area contributed by atoms with Crippen LogP contribution in [0.1, 0.15) is 40.0 Å². The summed E-state index contributed by atoms with van der Waals surface area (Å²) < 4.78 is 5.23. The molecule has 0 aliphatic carbocycles. The SMILES string of the molecule is COc1cccc(CCC(=O)Nc2sc3c(c2C#N)CCN(C(=O)CCc2cccnc2)C3)c1. The number of hydrogen-bond donors (Lipinski definition) is 1. The quantitative estimate of drug-likeness (QED) is 0.530. The van der Waals surface area contributed by atoms with E-state index >= 15 is 0 Å². The molecular formula is C26H26N4O3S. The van der Waals surface area contributed by atoms with Gasteiger partial charge in [-0.05, 0) is 54.2 Å². The number of ether oxygens (including phenoxy) is 1. The van der Waals surface area contributed by atoms with Crippen LogP contribution in [-0.4, -0.2) is 35.4 Å². The number of fused-ring (bicyclic) bond motifs is 1. The molecule has 0 spiro atoms. The molecule has 1 aliphatic heterocycles. The number of methoxy groups -OCH3 is 1. The van der Waals surface area contributed by atoms with Gasteiger partial charge in [0.05, 0.1) is 19.2 Å². The predicted octanol–water partition coefficient (Wildman–Crippen LogP) is 4.11. The van der Waals surface area contributed by atoms with E-state index < -0.39 is 0 Å². The molecule has 0 saturated carbocycles. The second kappa shape index (κ2) is 10.9. The van der Waals surface area contributed by atoms with Crippen LogP contribution >= 0.6 is 11.3 Å². The van der Waals surface area contributed by atoms with Crippen molar-refractivity contribution < 1.29 is 14.3 Å². The number of aromatic nitrogens is 1. The minimum absolute atomic E-state index is 0.0882. The van der Waals surface area contributed by atoms with Crippen LogP contribution in [0.3, 0.4) is 0 Å². The number of aryl methyl sites for hydroxylation is 2. The van der Waals surface area contributed by atoms with Gasteiger partial charge in [-0.2, -0.15) is 5.26 Å². The standard InChI is InChI=1S/C26H26N4O3S/c1-33-20-6-2-4-18(14-20)7-9-24(31)29-26-22(15-27)21-11-13-30(17-23(21)34-26)25(32)10-8-19-5-3-12-28-16-19/h2-6,12,14,16H,7-11,13,17H2,1H3,(H,29,31). The van der Waals surface area contributed by atoms with Gasteiger partial charge < -0.3 is 15.0 Å². The summed E-state index contributed by atoms with van der Waals surface area (Å²) in [5, 5.41) is 13.2. The van der Waals surface area contributed by atoms with E-state index in [1.165, 1.54) is 11.3 Å². The van der Waals surface area contributed by atoms with Crippen LogP contribution in [0.4, 0.5) is 5.00 Å². The van der Waals surface area contributed by atoms with Crippen molar-refractivity contribution >= 4 is 28.2 Å². The lowest BCUT2D eigenvalue weighted by molar-refractivity contribution is -0.132. The summed E-state index contributed by atoms with van der Waals surface area (Å²) >= 11 is 1.40. The lowest BCUT2D eigenvalue weighted by Gasteiger charge is -2.27. The van der Waals surface area contributed by atoms with Crippen molar-refractivity contribution in [3.8, 4) is 11.8 Å². The van der Waals surface area contributed by atoms with Gasteiger partial charge in [-0.15, -0.1) is 11.3 Å². The summed E-state index contributed by atoms with van der Waals surface area (Å²) in [6.07, 6.45) is 6.07. The molecule has 2 amide bonds. The molecule has 0 fully saturated rings. The van der Waals surface area contributed by atoms with E-state index in [1.54, 1.807) is 19.5 Å². The molecule has 3 heterocycles. The number of carbonyl (C=O) groups is 2. The molecule has 0 atom stereocenters. The van der Waals surface area contributed by atoms with E-state index in [1.807, 2.05) is 41.3 Å². The largest absolute Gasteiger partial charge is 0.497 e. The number of amides is 2. The van der Waals surface area contributed by atoms with E-state index in [-0.39, 0.29) is 11.8 Å². The molecule has 174 valence electrons. The van der Waals surface area contributed by atoms with Crippen molar-refractivity contribution in [2.45, 2.75) is 38.6 Å². The molecule has 0 unspecified atom stereocenters. The Morgan fingerprint density at radius 1 is 1.21 bits per heavy atom. The fourth-order valence-corrected chi connectivity index (χ4v) is 5.28. The number of benzene rings is 1. The first-order valence-corrected chi connectivity index (χ1v) is 12.0. The Morgan fingerprint density at radius 3 is 2.79 bits per heavy atom. The maximum absolute atomic E-state index is 12.8. The van der Waals surface area contributed by atoms with Gasteiger partial charge in [-0.25, -0.2) is 0 Å². The summed E-state index contributed by atoms with van der Waals surface area (Å²) in [7, 11) is 1.61. The normalized spacial score (nSPS) is 12.5. The maximum atomic E-state index is 12.8. The molecule has 0 radical (unpaired) electrons. The molecule has 1 aromatic carbocycles. The fourth-order valence-electron chi connectivity index (χ4n) is 4.05. The number of nitriles is 1. The lowest BCUT2D eigenvalue weighted by Crippen LogP contribution is -2.35. The number of rotatable bonds is 8. The predicted molar refractivity (Wildman–Crippen MR) is 131 cm³/mol. The van der Waals surface area contributed by atoms with Gasteiger partial charge in [-0.1, -0.05) is 18.2 Å². The fraction of sp³-hybridized carbons (Fsp3) is 0.308. The van der Waals surface area contributed by atoms with Crippen molar-refractivity contribution in [3.05, 3.63) is 75.9 Å². The minimum Gasteiger partial charge on any atom is -0.497 e. The number of pyridine rings is 1. The third-order valence-corrected chi connectivity index (χ3v) is 7.03. The topological polar surface area (TPSA) is 95.3 Å². The molecule has 3 aromatic rings. The van der Waals surface area contributed by atoms with E-state index in [2.05, 4.69) is 16.4 Å². The van der Waals surface area contributed by atoms with Crippen LogP contribution < -0.4 is 10.1 Å². The zero-order valence-electron chi connectivity index (χ0n) is 19.0. The minimum atomic E-state index is -0.137. The first kappa shape index (κ1) is 23.5. The molecule has 0 bridgehead atoms. The summed E-state index contributed by atoms with van der Waals surface area (Å²) in [5.74, 6) is 0.711. The summed E-state index contributed by atoms with van der Waals surface area (Å²) in [4.78, 5) is 32.3. The zero-order valence-corrected chi connectivity index (χ0v) is 19.9. The van der Waals surface area contributed by atoms with Crippen LogP contribution in [0, 0.1) is 11.3 Å². The highest BCUT2D eigenvalue weighted by Gasteiger charge is 2.27. The molecular weight excluding hydrogens is 448 g/mol. The average Bonchev–Trinajstić information content (AvgIpc) is 3.22. The van der Waals surface area contributed by atoms with Gasteiger partial charge in [0.2, 0.25) is 11.8 Å². The lowest BCUT2D eigenvalue weighted by atomic mass is 10.0. The molecule has 1 aliphatic rings. The van der Waals surface area contributed by atoms with Gasteiger partial charge >= 0.3 is 0 Å². The highest BCUT2D eigenvalue weighted by molar-refractivity contribution is 7.16. The molecule has 1 N–H and O–H groups in total. The average molecular weight is 475 g/mol. The number of carbonyl (C=O) groups excluding carboxylic acids is 2. The molecule has 7 nitrogen and oxygen atoms in total. The van der Waals surface area contributed by atoms with Crippen LogP contribution in [0.25, 0.3) is 0 Å². The number of nitrogens with zero attached hydrogens (tertiary/aromatic N) is 3. The van der Waals surface area contributed by atoms with Gasteiger partial charge in [-0.3, -0.25) is 14.6 Å². The monoisotopic (exact) mass is 474 g/mol. The molecule has 34 heavy (non-hydrogen) atoms. The van der Waals surface area contributed by atoms with E-state index in [0.717, 1.165) is 27.3 Å². The summed E-state index contributed by atoms with van der Waals surface area (Å²) in [6.45, 7) is 1.05. The second-order valence-electron chi connectivity index (χ2n) is 8.15. The summed E-state index contributed by atoms with van der Waals surface area (Å²) in [6, 6.07) is 13.7. The summed E-state index contributed by atoms with van der Waals surface area (Å²) in [5.41, 5.74) is 3.53. The van der Waals surface area contributed by atoms with Crippen molar-refractivity contribution in [3.63, 3.8) is 0 Å². The Hall–Kier alpha value is -3.70. The molecule has 8 heteroatoms. The molecule has 2 aromatic heterocycles. The Balaban J connectivity index is 1.36. The van der Waals surface area contributed by atoms with E-state index in [9.17, 15) is 14.9 Å². The Kier molecular flexibility index (Phi) is 7.55. The molecule has 4 rings (SSSR count). The van der Waals surface area contributed by atoms with Crippen LogP contribution in [0.15, 0.2) is 48.8 Å². The van der Waals surface area contributed by atoms with Crippen molar-refractivity contribution in [1.29, 1.82) is 5.26 Å². The second-order valence-corrected chi connectivity index (χ2v) is 9.25. The van der Waals surface area contributed by atoms with Crippen molar-refractivity contribution in [2.24, 2.45) is 0 Å². The van der Waals surface area contributed by atoms with Gasteiger partial charge in [0.15, 0.2) is 0 Å². The number of thiophene rings is 1. The zero-order chi connectivity index (χ0) is 23.9. The van der Waals surface area contributed by atoms with Gasteiger partial charge in [0.25, 0.3) is 0 Å². The smallest absolute Gasteiger partial charge is 0.225 e. The van der Waals surface area contributed by atoms with Crippen molar-refractivity contribution in [2.75, 3.05) is 19.0 Å². The van der Waals surface area contributed by atoms with E-state index in [4.69, 9.17) is 4.74 Å². The first-order valence-electron chi connectivity index (χ1n) is 11.2.